The number of benzene rings is 2. The molecule has 2 rings (SSSR count). The summed E-state index contributed by atoms with van der Waals surface area (Å²) in [6, 6.07) is 9.20. The Kier molecular flexibility index (Phi) is 7.99. The number of rotatable bonds is 8. The van der Waals surface area contributed by atoms with Crippen LogP contribution in [0.25, 0.3) is 0 Å². The third kappa shape index (κ3) is 6.63. The van der Waals surface area contributed by atoms with Gasteiger partial charge in [0.15, 0.2) is 0 Å². The molecule has 0 fully saturated rings. The molecular formula is C20H21ClN4O5. The van der Waals surface area contributed by atoms with E-state index in [1.807, 2.05) is 13.0 Å². The number of carbonyl (C=O) groups excluding carboxylic acids is 2. The van der Waals surface area contributed by atoms with Crippen molar-refractivity contribution in [3.8, 4) is 0 Å². The summed E-state index contributed by atoms with van der Waals surface area (Å²) >= 11 is 6.04. The molecule has 0 heterocycles. The van der Waals surface area contributed by atoms with Gasteiger partial charge in [-0.25, -0.2) is 0 Å². The Bertz CT molecular complexity index is 993. The monoisotopic (exact) mass is 432 g/mol. The highest BCUT2D eigenvalue weighted by molar-refractivity contribution is 6.33. The smallest absolute Gasteiger partial charge is 0.302 e. The predicted molar refractivity (Wildman–Crippen MR) is 113 cm³/mol. The van der Waals surface area contributed by atoms with Crippen molar-refractivity contribution in [1.82, 2.24) is 0 Å². The number of nitro benzene ring substituents is 1. The summed E-state index contributed by atoms with van der Waals surface area (Å²) in [6.45, 7) is 5.02. The van der Waals surface area contributed by atoms with Gasteiger partial charge in [0.1, 0.15) is 11.4 Å². The fourth-order valence-electron chi connectivity index (χ4n) is 2.58. The van der Waals surface area contributed by atoms with Gasteiger partial charge in [0.05, 0.1) is 22.2 Å². The van der Waals surface area contributed by atoms with Gasteiger partial charge in [-0.05, 0) is 36.1 Å². The number of amides is 1. The molecule has 1 unspecified atom stereocenters. The summed E-state index contributed by atoms with van der Waals surface area (Å²) in [4.78, 5) is 32.8. The van der Waals surface area contributed by atoms with Crippen LogP contribution in [0.5, 0.6) is 0 Å². The fourth-order valence-corrected chi connectivity index (χ4v) is 2.79. The summed E-state index contributed by atoms with van der Waals surface area (Å²) in [5.41, 5.74) is 1.90. The van der Waals surface area contributed by atoms with Gasteiger partial charge in [-0.2, -0.15) is 0 Å². The van der Waals surface area contributed by atoms with Crippen LogP contribution in [-0.2, 0) is 14.3 Å². The van der Waals surface area contributed by atoms with Crippen LogP contribution in [0.2, 0.25) is 5.02 Å². The molecule has 0 saturated carbocycles. The van der Waals surface area contributed by atoms with Crippen molar-refractivity contribution >= 4 is 46.2 Å². The Labute approximate surface area is 178 Å². The summed E-state index contributed by atoms with van der Waals surface area (Å²) in [5, 5.41) is 21.8. The van der Waals surface area contributed by atoms with Gasteiger partial charge in [0.2, 0.25) is 5.91 Å². The highest BCUT2D eigenvalue weighted by atomic mass is 35.5. The van der Waals surface area contributed by atoms with Gasteiger partial charge < -0.3 is 10.1 Å². The molecule has 0 aliphatic heterocycles. The minimum atomic E-state index is -0.553. The highest BCUT2D eigenvalue weighted by Crippen LogP contribution is 2.34. The van der Waals surface area contributed by atoms with Gasteiger partial charge >= 0.3 is 5.97 Å². The second kappa shape index (κ2) is 10.4. The Balaban J connectivity index is 2.26. The number of anilines is 1. The second-order valence-corrected chi connectivity index (χ2v) is 6.99. The van der Waals surface area contributed by atoms with Crippen molar-refractivity contribution < 1.29 is 19.2 Å². The molecule has 0 aliphatic rings. The number of nitro groups is 1. The first-order valence-corrected chi connectivity index (χ1v) is 9.45. The van der Waals surface area contributed by atoms with Crippen molar-refractivity contribution in [2.75, 3.05) is 11.9 Å². The molecular weight excluding hydrogens is 412 g/mol. The Morgan fingerprint density at radius 3 is 2.43 bits per heavy atom. The first kappa shape index (κ1) is 23.0. The third-order valence-electron chi connectivity index (χ3n) is 4.16. The van der Waals surface area contributed by atoms with E-state index in [0.717, 1.165) is 5.56 Å². The number of halogens is 1. The lowest BCUT2D eigenvalue weighted by atomic mass is 9.97. The number of esters is 1. The number of carbonyl (C=O) groups is 2. The summed E-state index contributed by atoms with van der Waals surface area (Å²) < 4.78 is 4.98. The number of azo groups is 1. The van der Waals surface area contributed by atoms with Crippen LogP contribution in [0.1, 0.15) is 38.7 Å². The van der Waals surface area contributed by atoms with Crippen molar-refractivity contribution in [1.29, 1.82) is 0 Å². The van der Waals surface area contributed by atoms with Crippen LogP contribution in [0.3, 0.4) is 0 Å². The quantitative estimate of drug-likeness (QED) is 0.249. The van der Waals surface area contributed by atoms with Crippen LogP contribution in [0, 0.1) is 10.1 Å². The predicted octanol–water partition coefficient (Wildman–Crippen LogP) is 5.68. The van der Waals surface area contributed by atoms with E-state index in [-0.39, 0.29) is 34.2 Å². The minimum absolute atomic E-state index is 0.0759. The molecule has 2 aromatic carbocycles. The maximum Gasteiger partial charge on any atom is 0.302 e. The van der Waals surface area contributed by atoms with Gasteiger partial charge in [-0.1, -0.05) is 24.6 Å². The van der Waals surface area contributed by atoms with E-state index in [4.69, 9.17) is 16.3 Å². The molecule has 0 aromatic heterocycles. The van der Waals surface area contributed by atoms with Gasteiger partial charge in [-0.15, -0.1) is 10.2 Å². The van der Waals surface area contributed by atoms with Crippen LogP contribution in [0.4, 0.5) is 22.7 Å². The third-order valence-corrected chi connectivity index (χ3v) is 4.47. The van der Waals surface area contributed by atoms with Crippen LogP contribution in [-0.4, -0.2) is 23.4 Å². The summed E-state index contributed by atoms with van der Waals surface area (Å²) in [6.07, 6.45) is 0.623. The molecule has 1 amide bonds. The molecule has 9 nitrogen and oxygen atoms in total. The lowest BCUT2D eigenvalue weighted by Crippen LogP contribution is -2.08. The average Bonchev–Trinajstić information content (AvgIpc) is 2.66. The zero-order valence-corrected chi connectivity index (χ0v) is 17.5. The minimum Gasteiger partial charge on any atom is -0.466 e. The Hall–Kier alpha value is -3.33. The van der Waals surface area contributed by atoms with E-state index in [2.05, 4.69) is 15.5 Å². The maximum absolute atomic E-state index is 11.6. The summed E-state index contributed by atoms with van der Waals surface area (Å²) in [7, 11) is 0. The SMILES string of the molecule is CC(=O)Nc1cc(C(C)CCOC(C)=O)ccc1N=Nc1ccc([N+](=O)[O-])cc1Cl. The molecule has 0 saturated heterocycles. The number of nitrogens with one attached hydrogen (secondary N) is 1. The zero-order valence-electron chi connectivity index (χ0n) is 16.7. The standard InChI is InChI=1S/C20H21ClN4O5/c1-12(8-9-30-14(3)27)15-4-6-19(20(10-15)22-13(2)26)24-23-18-7-5-16(25(28)29)11-17(18)21/h4-7,10-12H,8-9H2,1-3H3,(H,22,26). The molecule has 0 aliphatic carbocycles. The lowest BCUT2D eigenvalue weighted by Gasteiger charge is -2.14. The molecule has 10 heteroatoms. The Morgan fingerprint density at radius 1 is 1.17 bits per heavy atom. The summed E-state index contributed by atoms with van der Waals surface area (Å²) in [5.74, 6) is -0.529. The molecule has 30 heavy (non-hydrogen) atoms. The van der Waals surface area contributed by atoms with Gasteiger partial charge in [0.25, 0.3) is 5.69 Å². The number of non-ortho nitro benzene ring substituents is 1. The normalized spacial score (nSPS) is 11.9. The largest absolute Gasteiger partial charge is 0.466 e. The van der Waals surface area contributed by atoms with E-state index < -0.39 is 4.92 Å². The molecule has 158 valence electrons. The molecule has 1 atom stereocenters. The fraction of sp³-hybridized carbons (Fsp3) is 0.300. The van der Waals surface area contributed by atoms with Crippen molar-refractivity contribution in [2.24, 2.45) is 10.2 Å². The maximum atomic E-state index is 11.6. The van der Waals surface area contributed by atoms with Crippen molar-refractivity contribution in [3.63, 3.8) is 0 Å². The van der Waals surface area contributed by atoms with E-state index >= 15 is 0 Å². The van der Waals surface area contributed by atoms with Crippen LogP contribution >= 0.6 is 11.6 Å². The first-order chi connectivity index (χ1) is 14.2. The van der Waals surface area contributed by atoms with Gasteiger partial charge in [0, 0.05) is 26.0 Å². The Morgan fingerprint density at radius 2 is 1.83 bits per heavy atom. The molecule has 0 bridgehead atoms. The second-order valence-electron chi connectivity index (χ2n) is 6.58. The van der Waals surface area contributed by atoms with E-state index in [0.29, 0.717) is 24.4 Å². The zero-order chi connectivity index (χ0) is 22.3. The van der Waals surface area contributed by atoms with Gasteiger partial charge in [-0.3, -0.25) is 19.7 Å². The number of nitrogens with zero attached hydrogens (tertiary/aromatic N) is 3. The molecule has 1 N–H and O–H groups in total. The van der Waals surface area contributed by atoms with Crippen LogP contribution in [0.15, 0.2) is 46.6 Å². The molecule has 0 spiro atoms. The van der Waals surface area contributed by atoms with Crippen molar-refractivity contribution in [3.05, 3.63) is 57.1 Å². The number of hydrogen-bond donors (Lipinski definition) is 1. The lowest BCUT2D eigenvalue weighted by molar-refractivity contribution is -0.384. The topological polar surface area (TPSA) is 123 Å². The van der Waals surface area contributed by atoms with Crippen LogP contribution < -0.4 is 5.32 Å². The highest BCUT2D eigenvalue weighted by Gasteiger charge is 2.12. The van der Waals surface area contributed by atoms with E-state index in [9.17, 15) is 19.7 Å². The first-order valence-electron chi connectivity index (χ1n) is 9.08. The van der Waals surface area contributed by atoms with Crippen molar-refractivity contribution in [2.45, 2.75) is 33.1 Å². The van der Waals surface area contributed by atoms with E-state index in [1.165, 1.54) is 32.0 Å². The molecule has 2 aromatic rings. The molecule has 0 radical (unpaired) electrons. The average molecular weight is 433 g/mol. The number of hydrogen-bond acceptors (Lipinski definition) is 7. The number of ether oxygens (including phenoxy) is 1. The van der Waals surface area contributed by atoms with E-state index in [1.54, 1.807) is 12.1 Å².